The summed E-state index contributed by atoms with van der Waals surface area (Å²) in [5.74, 6) is 4.35. The standard InChI is InChI=1S/C8H13NO2/c1-2-7(9)5-3-4-6-8(10)11/h7H,2,5-6,9H2,1H3,(H,10,11). The number of hydrogen-bond donors (Lipinski definition) is 2. The van der Waals surface area contributed by atoms with Gasteiger partial charge in [0.25, 0.3) is 0 Å². The Balaban J connectivity index is 3.47. The molecule has 0 heterocycles. The maximum atomic E-state index is 9.98. The first-order valence-electron chi connectivity index (χ1n) is 3.60. The lowest BCUT2D eigenvalue weighted by molar-refractivity contribution is -0.135. The molecular weight excluding hydrogens is 142 g/mol. The molecule has 3 nitrogen and oxygen atoms in total. The van der Waals surface area contributed by atoms with Gasteiger partial charge in [-0.15, -0.1) is 5.92 Å². The van der Waals surface area contributed by atoms with Crippen molar-refractivity contribution in [2.24, 2.45) is 5.73 Å². The smallest absolute Gasteiger partial charge is 0.315 e. The summed E-state index contributed by atoms with van der Waals surface area (Å²) < 4.78 is 0. The molecule has 3 heteroatoms. The van der Waals surface area contributed by atoms with E-state index in [1.54, 1.807) is 0 Å². The predicted octanol–water partition coefficient (Wildman–Crippen LogP) is 0.592. The number of carbonyl (C=O) groups is 1. The van der Waals surface area contributed by atoms with E-state index in [0.717, 1.165) is 6.42 Å². The molecule has 1 atom stereocenters. The van der Waals surface area contributed by atoms with Gasteiger partial charge in [0.15, 0.2) is 0 Å². The van der Waals surface area contributed by atoms with Crippen molar-refractivity contribution in [2.75, 3.05) is 0 Å². The van der Waals surface area contributed by atoms with Crippen molar-refractivity contribution in [3.8, 4) is 11.8 Å². The van der Waals surface area contributed by atoms with E-state index in [1.165, 1.54) is 0 Å². The van der Waals surface area contributed by atoms with Gasteiger partial charge in [0.2, 0.25) is 0 Å². The van der Waals surface area contributed by atoms with Gasteiger partial charge >= 0.3 is 5.97 Å². The second-order valence-corrected chi connectivity index (χ2v) is 2.30. The highest BCUT2D eigenvalue weighted by Gasteiger charge is 1.93. The molecule has 0 saturated carbocycles. The minimum Gasteiger partial charge on any atom is -0.481 e. The number of nitrogens with two attached hydrogens (primary N) is 1. The molecule has 62 valence electrons. The van der Waals surface area contributed by atoms with Crippen molar-refractivity contribution in [2.45, 2.75) is 32.2 Å². The summed E-state index contributed by atoms with van der Waals surface area (Å²) in [4.78, 5) is 9.98. The molecule has 0 aromatic carbocycles. The van der Waals surface area contributed by atoms with Crippen LogP contribution in [0.15, 0.2) is 0 Å². The van der Waals surface area contributed by atoms with E-state index in [4.69, 9.17) is 10.8 Å². The fourth-order valence-electron chi connectivity index (χ4n) is 0.486. The van der Waals surface area contributed by atoms with Crippen LogP contribution in [0, 0.1) is 11.8 Å². The summed E-state index contributed by atoms with van der Waals surface area (Å²) in [6.07, 6.45) is 1.38. The Bertz CT molecular complexity index is 178. The molecule has 0 amide bonds. The minimum atomic E-state index is -0.887. The molecule has 1 unspecified atom stereocenters. The third kappa shape index (κ3) is 6.88. The van der Waals surface area contributed by atoms with Crippen molar-refractivity contribution in [1.29, 1.82) is 0 Å². The molecular formula is C8H13NO2. The van der Waals surface area contributed by atoms with Gasteiger partial charge in [-0.3, -0.25) is 4.79 Å². The lowest BCUT2D eigenvalue weighted by atomic mass is 10.2. The highest BCUT2D eigenvalue weighted by atomic mass is 16.4. The number of rotatable bonds is 3. The zero-order valence-corrected chi connectivity index (χ0v) is 6.63. The summed E-state index contributed by atoms with van der Waals surface area (Å²) >= 11 is 0. The molecule has 0 aromatic rings. The van der Waals surface area contributed by atoms with Crippen LogP contribution in [-0.2, 0) is 4.79 Å². The van der Waals surface area contributed by atoms with Crippen LogP contribution in [0.25, 0.3) is 0 Å². The quantitative estimate of drug-likeness (QED) is 0.586. The van der Waals surface area contributed by atoms with Crippen molar-refractivity contribution < 1.29 is 9.90 Å². The van der Waals surface area contributed by atoms with Crippen LogP contribution in [0.2, 0.25) is 0 Å². The van der Waals surface area contributed by atoms with Crippen LogP contribution >= 0.6 is 0 Å². The molecule has 11 heavy (non-hydrogen) atoms. The molecule has 0 aliphatic heterocycles. The first-order chi connectivity index (χ1) is 5.16. The molecule has 0 aliphatic rings. The van der Waals surface area contributed by atoms with Gasteiger partial charge in [-0.25, -0.2) is 0 Å². The Hall–Kier alpha value is -1.01. The Morgan fingerprint density at radius 3 is 2.73 bits per heavy atom. The Morgan fingerprint density at radius 1 is 1.64 bits per heavy atom. The van der Waals surface area contributed by atoms with Crippen LogP contribution in [0.4, 0.5) is 0 Å². The van der Waals surface area contributed by atoms with Crippen LogP contribution < -0.4 is 5.73 Å². The Morgan fingerprint density at radius 2 is 2.27 bits per heavy atom. The van der Waals surface area contributed by atoms with Gasteiger partial charge in [-0.1, -0.05) is 12.8 Å². The van der Waals surface area contributed by atoms with E-state index >= 15 is 0 Å². The molecule has 0 fully saturated rings. The fraction of sp³-hybridized carbons (Fsp3) is 0.625. The zero-order chi connectivity index (χ0) is 8.69. The highest BCUT2D eigenvalue weighted by molar-refractivity contribution is 5.69. The maximum Gasteiger partial charge on any atom is 0.315 e. The van der Waals surface area contributed by atoms with Crippen LogP contribution in [0.3, 0.4) is 0 Å². The van der Waals surface area contributed by atoms with Gasteiger partial charge in [0.05, 0.1) is 0 Å². The summed E-state index contributed by atoms with van der Waals surface area (Å²) in [6.45, 7) is 1.98. The largest absolute Gasteiger partial charge is 0.481 e. The van der Waals surface area contributed by atoms with Gasteiger partial charge in [-0.05, 0) is 6.42 Å². The first kappa shape index (κ1) is 9.99. The van der Waals surface area contributed by atoms with Crippen molar-refractivity contribution in [3.63, 3.8) is 0 Å². The van der Waals surface area contributed by atoms with E-state index in [-0.39, 0.29) is 12.5 Å². The summed E-state index contributed by atoms with van der Waals surface area (Å²) in [5, 5.41) is 8.20. The molecule has 0 aliphatic carbocycles. The second-order valence-electron chi connectivity index (χ2n) is 2.30. The minimum absolute atomic E-state index is 0.0799. The van der Waals surface area contributed by atoms with E-state index in [2.05, 4.69) is 11.8 Å². The number of hydrogen-bond acceptors (Lipinski definition) is 2. The molecule has 0 spiro atoms. The number of aliphatic carboxylic acids is 1. The van der Waals surface area contributed by atoms with Crippen LogP contribution in [-0.4, -0.2) is 17.1 Å². The van der Waals surface area contributed by atoms with Crippen molar-refractivity contribution in [1.82, 2.24) is 0 Å². The van der Waals surface area contributed by atoms with Crippen LogP contribution in [0.5, 0.6) is 0 Å². The third-order valence-electron chi connectivity index (χ3n) is 1.25. The molecule has 0 aromatic heterocycles. The molecule has 0 rings (SSSR count). The first-order valence-corrected chi connectivity index (χ1v) is 3.60. The normalized spacial score (nSPS) is 11.5. The summed E-state index contributed by atoms with van der Waals surface area (Å²) in [6, 6.07) is 0.0799. The monoisotopic (exact) mass is 155 g/mol. The summed E-state index contributed by atoms with van der Waals surface area (Å²) in [7, 11) is 0. The van der Waals surface area contributed by atoms with E-state index < -0.39 is 5.97 Å². The fourth-order valence-corrected chi connectivity index (χ4v) is 0.486. The zero-order valence-electron chi connectivity index (χ0n) is 6.63. The van der Waals surface area contributed by atoms with Gasteiger partial charge in [0.1, 0.15) is 6.42 Å². The average molecular weight is 155 g/mol. The van der Waals surface area contributed by atoms with Crippen molar-refractivity contribution >= 4 is 5.97 Å². The Labute approximate surface area is 66.6 Å². The van der Waals surface area contributed by atoms with Crippen LogP contribution in [0.1, 0.15) is 26.2 Å². The lowest BCUT2D eigenvalue weighted by Gasteiger charge is -1.99. The Kier molecular flexibility index (Phi) is 5.22. The van der Waals surface area contributed by atoms with E-state index in [9.17, 15) is 4.79 Å². The number of carboxylic acids is 1. The molecule has 0 saturated heterocycles. The van der Waals surface area contributed by atoms with Gasteiger partial charge in [-0.2, -0.15) is 0 Å². The second kappa shape index (κ2) is 5.75. The van der Waals surface area contributed by atoms with Gasteiger partial charge in [0, 0.05) is 12.5 Å². The lowest BCUT2D eigenvalue weighted by Crippen LogP contribution is -2.17. The topological polar surface area (TPSA) is 63.3 Å². The molecule has 0 radical (unpaired) electrons. The summed E-state index contributed by atoms with van der Waals surface area (Å²) in [5.41, 5.74) is 5.54. The highest BCUT2D eigenvalue weighted by Crippen LogP contribution is 1.90. The third-order valence-corrected chi connectivity index (χ3v) is 1.25. The van der Waals surface area contributed by atoms with Gasteiger partial charge < -0.3 is 10.8 Å². The average Bonchev–Trinajstić information content (AvgIpc) is 1.97. The molecule has 0 bridgehead atoms. The maximum absolute atomic E-state index is 9.98. The van der Waals surface area contributed by atoms with Crippen molar-refractivity contribution in [3.05, 3.63) is 0 Å². The van der Waals surface area contributed by atoms with E-state index in [0.29, 0.717) is 6.42 Å². The predicted molar refractivity (Wildman–Crippen MR) is 42.9 cm³/mol. The number of carboxylic acid groups (broad SMARTS) is 1. The van der Waals surface area contributed by atoms with E-state index in [1.807, 2.05) is 6.92 Å². The molecule has 3 N–H and O–H groups in total. The SMILES string of the molecule is CCC(N)CC#CCC(=O)O.